The fourth-order valence-corrected chi connectivity index (χ4v) is 6.00. The van der Waals surface area contributed by atoms with Gasteiger partial charge < -0.3 is 4.57 Å². The lowest BCUT2D eigenvalue weighted by atomic mass is 9.90. The fourth-order valence-electron chi connectivity index (χ4n) is 6.00. The minimum Gasteiger partial charge on any atom is -0.344 e. The van der Waals surface area contributed by atoms with Crippen molar-refractivity contribution >= 4 is 32.6 Å². The first-order valence-electron chi connectivity index (χ1n) is 13.2. The number of aromatic nitrogens is 2. The zero-order valence-electron chi connectivity index (χ0n) is 21.9. The Balaban J connectivity index is 1.41. The number of pyridine rings is 1. The minimum atomic E-state index is 1.22. The summed E-state index contributed by atoms with van der Waals surface area (Å²) >= 11 is 0. The second-order valence-corrected chi connectivity index (χ2v) is 10.2. The summed E-state index contributed by atoms with van der Waals surface area (Å²) in [6.45, 7) is 2.19. The standard InChI is InChI=1S/C36H29N2/c1-24-15-16-25(22-33(24)34-13-8-9-21-37(34)2)27-19-20-28(30-11-5-4-10-29(27)30)26-17-18-32-31-12-6-7-14-35(31)38(3)36(32)23-26/h4-23H,1-3H3/q+1. The minimum absolute atomic E-state index is 1.22. The van der Waals surface area contributed by atoms with Gasteiger partial charge in [-0.05, 0) is 69.8 Å². The molecule has 0 N–H and O–H groups in total. The molecule has 0 radical (unpaired) electrons. The molecule has 2 heteroatoms. The van der Waals surface area contributed by atoms with Crippen molar-refractivity contribution in [1.82, 2.24) is 4.57 Å². The van der Waals surface area contributed by atoms with Crippen molar-refractivity contribution in [3.05, 3.63) is 127 Å². The van der Waals surface area contributed by atoms with Crippen LogP contribution in [0.4, 0.5) is 0 Å². The van der Waals surface area contributed by atoms with Gasteiger partial charge in [0.25, 0.3) is 0 Å². The maximum absolute atomic E-state index is 2.34. The first-order chi connectivity index (χ1) is 18.6. The number of aryl methyl sites for hydroxylation is 3. The molecule has 38 heavy (non-hydrogen) atoms. The molecule has 5 aromatic carbocycles. The quantitative estimate of drug-likeness (QED) is 0.220. The molecule has 0 bridgehead atoms. The molecule has 0 fully saturated rings. The van der Waals surface area contributed by atoms with Crippen LogP contribution in [-0.4, -0.2) is 4.57 Å². The van der Waals surface area contributed by atoms with Crippen LogP contribution in [0.2, 0.25) is 0 Å². The number of nitrogens with zero attached hydrogens (tertiary/aromatic N) is 2. The first-order valence-corrected chi connectivity index (χ1v) is 13.2. The van der Waals surface area contributed by atoms with Gasteiger partial charge in [-0.25, -0.2) is 4.57 Å². The van der Waals surface area contributed by atoms with Crippen molar-refractivity contribution in [3.63, 3.8) is 0 Å². The summed E-state index contributed by atoms with van der Waals surface area (Å²) in [6.07, 6.45) is 2.11. The Hall–Kier alpha value is -4.69. The zero-order valence-corrected chi connectivity index (χ0v) is 21.9. The molecule has 7 rings (SSSR count). The van der Waals surface area contributed by atoms with Crippen molar-refractivity contribution in [2.24, 2.45) is 14.1 Å². The maximum Gasteiger partial charge on any atom is 0.212 e. The van der Waals surface area contributed by atoms with Crippen LogP contribution in [0.15, 0.2) is 121 Å². The van der Waals surface area contributed by atoms with Crippen LogP contribution >= 0.6 is 0 Å². The number of hydrogen-bond acceptors (Lipinski definition) is 0. The molecule has 2 heterocycles. The Labute approximate surface area is 223 Å². The second kappa shape index (κ2) is 8.71. The predicted molar refractivity (Wildman–Crippen MR) is 160 cm³/mol. The molecule has 0 aliphatic rings. The third-order valence-corrected chi connectivity index (χ3v) is 8.03. The number of benzene rings is 5. The topological polar surface area (TPSA) is 8.81 Å². The van der Waals surface area contributed by atoms with Crippen LogP contribution in [-0.2, 0) is 14.1 Å². The predicted octanol–water partition coefficient (Wildman–Crippen LogP) is 8.62. The molecule has 0 saturated heterocycles. The van der Waals surface area contributed by atoms with E-state index in [2.05, 4.69) is 152 Å². The summed E-state index contributed by atoms with van der Waals surface area (Å²) in [7, 11) is 4.27. The van der Waals surface area contributed by atoms with Crippen molar-refractivity contribution in [2.45, 2.75) is 6.92 Å². The van der Waals surface area contributed by atoms with E-state index in [4.69, 9.17) is 0 Å². The maximum atomic E-state index is 2.34. The third kappa shape index (κ3) is 3.45. The van der Waals surface area contributed by atoms with Gasteiger partial charge in [-0.2, -0.15) is 0 Å². The molecule has 0 aliphatic carbocycles. The van der Waals surface area contributed by atoms with Gasteiger partial charge in [0, 0.05) is 46.5 Å². The monoisotopic (exact) mass is 489 g/mol. The lowest BCUT2D eigenvalue weighted by molar-refractivity contribution is -0.660. The first kappa shape index (κ1) is 22.5. The van der Waals surface area contributed by atoms with Gasteiger partial charge in [0.1, 0.15) is 7.05 Å². The highest BCUT2D eigenvalue weighted by Gasteiger charge is 2.16. The molecule has 0 spiro atoms. The molecule has 0 amide bonds. The van der Waals surface area contributed by atoms with Gasteiger partial charge in [-0.1, -0.05) is 78.9 Å². The molecule has 0 saturated carbocycles. The third-order valence-electron chi connectivity index (χ3n) is 8.03. The second-order valence-electron chi connectivity index (χ2n) is 10.2. The summed E-state index contributed by atoms with van der Waals surface area (Å²) in [4.78, 5) is 0. The normalized spacial score (nSPS) is 11.6. The van der Waals surface area contributed by atoms with Crippen molar-refractivity contribution < 1.29 is 4.57 Å². The van der Waals surface area contributed by atoms with E-state index in [-0.39, 0.29) is 0 Å². The summed E-state index contributed by atoms with van der Waals surface area (Å²) in [5, 5.41) is 5.15. The molecular formula is C36H29N2+. The van der Waals surface area contributed by atoms with Crippen molar-refractivity contribution in [2.75, 3.05) is 0 Å². The highest BCUT2D eigenvalue weighted by Crippen LogP contribution is 2.39. The van der Waals surface area contributed by atoms with Gasteiger partial charge in [-0.3, -0.25) is 0 Å². The Morgan fingerprint density at radius 1 is 0.526 bits per heavy atom. The molecule has 7 aromatic rings. The van der Waals surface area contributed by atoms with Gasteiger partial charge >= 0.3 is 0 Å². The number of rotatable bonds is 3. The Kier molecular flexibility index (Phi) is 5.16. The average Bonchev–Trinajstić information content (AvgIpc) is 3.24. The van der Waals surface area contributed by atoms with E-state index in [1.807, 2.05) is 0 Å². The van der Waals surface area contributed by atoms with E-state index in [0.717, 1.165) is 0 Å². The van der Waals surface area contributed by atoms with Crippen LogP contribution in [0.1, 0.15) is 5.56 Å². The molecule has 0 atom stereocenters. The van der Waals surface area contributed by atoms with Gasteiger partial charge in [0.15, 0.2) is 6.20 Å². The van der Waals surface area contributed by atoms with Crippen molar-refractivity contribution in [3.8, 4) is 33.5 Å². The van der Waals surface area contributed by atoms with Gasteiger partial charge in [-0.15, -0.1) is 0 Å². The van der Waals surface area contributed by atoms with Crippen LogP contribution in [0.5, 0.6) is 0 Å². The molecule has 0 aliphatic heterocycles. The Bertz CT molecular complexity index is 2010. The molecule has 0 unspecified atom stereocenters. The fraction of sp³-hybridized carbons (Fsp3) is 0.0833. The Morgan fingerprint density at radius 3 is 1.87 bits per heavy atom. The van der Waals surface area contributed by atoms with E-state index in [0.29, 0.717) is 0 Å². The summed E-state index contributed by atoms with van der Waals surface area (Å²) in [5.74, 6) is 0. The highest BCUT2D eigenvalue weighted by atomic mass is 14.9. The van der Waals surface area contributed by atoms with Gasteiger partial charge in [0.2, 0.25) is 5.69 Å². The zero-order chi connectivity index (χ0) is 25.8. The van der Waals surface area contributed by atoms with Crippen LogP contribution in [0.25, 0.3) is 66.1 Å². The largest absolute Gasteiger partial charge is 0.344 e. The SMILES string of the molecule is Cc1ccc(-c2ccc(-c3ccc4c5ccccc5n(C)c4c3)c3ccccc23)cc1-c1cccc[n+]1C. The van der Waals surface area contributed by atoms with E-state index >= 15 is 0 Å². The number of fused-ring (bicyclic) bond motifs is 4. The molecule has 2 nitrogen and oxygen atoms in total. The van der Waals surface area contributed by atoms with E-state index in [1.165, 1.54) is 71.7 Å². The lowest BCUT2D eigenvalue weighted by Crippen LogP contribution is -2.30. The van der Waals surface area contributed by atoms with Crippen LogP contribution in [0, 0.1) is 6.92 Å². The lowest BCUT2D eigenvalue weighted by Gasteiger charge is -2.14. The summed E-state index contributed by atoms with van der Waals surface area (Å²) < 4.78 is 4.50. The van der Waals surface area contributed by atoms with Crippen molar-refractivity contribution in [1.29, 1.82) is 0 Å². The van der Waals surface area contributed by atoms with E-state index < -0.39 is 0 Å². The summed E-state index contributed by atoms with van der Waals surface area (Å²) in [5.41, 5.74) is 11.3. The molecule has 182 valence electrons. The number of para-hydroxylation sites is 1. The van der Waals surface area contributed by atoms with Crippen LogP contribution in [0.3, 0.4) is 0 Å². The number of hydrogen-bond donors (Lipinski definition) is 0. The smallest absolute Gasteiger partial charge is 0.212 e. The van der Waals surface area contributed by atoms with E-state index in [9.17, 15) is 0 Å². The Morgan fingerprint density at radius 2 is 1.13 bits per heavy atom. The van der Waals surface area contributed by atoms with E-state index in [1.54, 1.807) is 0 Å². The average molecular weight is 490 g/mol. The highest BCUT2D eigenvalue weighted by molar-refractivity contribution is 6.11. The summed E-state index contributed by atoms with van der Waals surface area (Å²) in [6, 6.07) is 42.2. The van der Waals surface area contributed by atoms with Gasteiger partial charge in [0.05, 0.1) is 0 Å². The molecular weight excluding hydrogens is 460 g/mol. The van der Waals surface area contributed by atoms with Crippen LogP contribution < -0.4 is 4.57 Å². The molecule has 2 aromatic heterocycles.